The lowest BCUT2D eigenvalue weighted by molar-refractivity contribution is -0.122. The molecule has 0 aliphatic carbocycles. The summed E-state index contributed by atoms with van der Waals surface area (Å²) >= 11 is 6.02. The first kappa shape index (κ1) is 18.0. The first-order valence-corrected chi connectivity index (χ1v) is 9.44. The van der Waals surface area contributed by atoms with Crippen LogP contribution in [0.4, 0.5) is 11.5 Å². The number of nitrogens with zero attached hydrogens (tertiary/aromatic N) is 3. The van der Waals surface area contributed by atoms with Crippen molar-refractivity contribution in [1.82, 2.24) is 9.78 Å². The third-order valence-electron chi connectivity index (χ3n) is 5.04. The summed E-state index contributed by atoms with van der Waals surface area (Å²) in [6.45, 7) is 2.55. The second kappa shape index (κ2) is 7.70. The lowest BCUT2D eigenvalue weighted by Crippen LogP contribution is -2.29. The smallest absolute Gasteiger partial charge is 0.230 e. The second-order valence-electron chi connectivity index (χ2n) is 7.00. The number of nitrogens with one attached hydrogen (secondary N) is 1. The molecule has 1 aromatic carbocycles. The van der Waals surface area contributed by atoms with Crippen LogP contribution in [0.1, 0.15) is 12.8 Å². The van der Waals surface area contributed by atoms with E-state index in [9.17, 15) is 9.59 Å². The van der Waals surface area contributed by atoms with Crippen LogP contribution in [0.2, 0.25) is 5.02 Å². The van der Waals surface area contributed by atoms with Gasteiger partial charge in [0.2, 0.25) is 11.8 Å². The molecule has 0 saturated carbocycles. The molecule has 2 aliphatic heterocycles. The molecule has 4 rings (SSSR count). The Hall–Kier alpha value is -2.38. The predicted octanol–water partition coefficient (Wildman–Crippen LogP) is 2.56. The van der Waals surface area contributed by atoms with Crippen LogP contribution in [0.15, 0.2) is 36.5 Å². The first-order chi connectivity index (χ1) is 13.1. The Morgan fingerprint density at radius 3 is 3.04 bits per heavy atom. The van der Waals surface area contributed by atoms with Crippen LogP contribution in [0.5, 0.6) is 0 Å². The maximum Gasteiger partial charge on any atom is 0.230 e. The summed E-state index contributed by atoms with van der Waals surface area (Å²) in [4.78, 5) is 26.7. The van der Waals surface area contributed by atoms with Crippen molar-refractivity contribution >= 4 is 34.9 Å². The van der Waals surface area contributed by atoms with E-state index in [-0.39, 0.29) is 18.2 Å². The van der Waals surface area contributed by atoms with Gasteiger partial charge in [-0.3, -0.25) is 9.59 Å². The van der Waals surface area contributed by atoms with Crippen molar-refractivity contribution in [2.24, 2.45) is 11.8 Å². The van der Waals surface area contributed by atoms with Crippen molar-refractivity contribution < 1.29 is 14.3 Å². The molecule has 7 nitrogen and oxygen atoms in total. The van der Waals surface area contributed by atoms with E-state index in [1.165, 1.54) is 0 Å². The molecule has 1 aromatic heterocycles. The van der Waals surface area contributed by atoms with Crippen molar-refractivity contribution in [3.63, 3.8) is 0 Å². The average Bonchev–Trinajstić information content (AvgIpc) is 3.38. The standard InChI is InChI=1S/C19H21ClN4O3/c20-15-2-1-3-16(9-15)23-11-14(8-18(23)25)19(26)22-17-4-6-21-24(17)10-13-5-7-27-12-13/h1-4,6,9,13-14H,5,7-8,10-12H2,(H,22,26)/t13-,14+/m0/s1. The molecule has 2 amide bonds. The van der Waals surface area contributed by atoms with Crippen LogP contribution in [0, 0.1) is 11.8 Å². The fraction of sp³-hybridized carbons (Fsp3) is 0.421. The highest BCUT2D eigenvalue weighted by Gasteiger charge is 2.35. The zero-order valence-corrected chi connectivity index (χ0v) is 15.6. The summed E-state index contributed by atoms with van der Waals surface area (Å²) in [6.07, 6.45) is 2.85. The summed E-state index contributed by atoms with van der Waals surface area (Å²) < 4.78 is 7.20. The normalized spacial score (nSPS) is 22.4. The molecule has 0 radical (unpaired) electrons. The number of halogens is 1. The van der Waals surface area contributed by atoms with Crippen molar-refractivity contribution in [3.05, 3.63) is 41.6 Å². The molecule has 27 heavy (non-hydrogen) atoms. The summed E-state index contributed by atoms with van der Waals surface area (Å²) in [7, 11) is 0. The predicted molar refractivity (Wildman–Crippen MR) is 102 cm³/mol. The number of hydrogen-bond acceptors (Lipinski definition) is 4. The van der Waals surface area contributed by atoms with E-state index in [4.69, 9.17) is 16.3 Å². The van der Waals surface area contributed by atoms with Gasteiger partial charge >= 0.3 is 0 Å². The van der Waals surface area contributed by atoms with E-state index in [1.54, 1.807) is 40.0 Å². The van der Waals surface area contributed by atoms with E-state index < -0.39 is 5.92 Å². The molecule has 2 atom stereocenters. The lowest BCUT2D eigenvalue weighted by Gasteiger charge is -2.17. The highest BCUT2D eigenvalue weighted by atomic mass is 35.5. The van der Waals surface area contributed by atoms with Crippen LogP contribution < -0.4 is 10.2 Å². The van der Waals surface area contributed by atoms with Crippen molar-refractivity contribution in [2.45, 2.75) is 19.4 Å². The average molecular weight is 389 g/mol. The van der Waals surface area contributed by atoms with Gasteiger partial charge in [-0.25, -0.2) is 4.68 Å². The van der Waals surface area contributed by atoms with Crippen LogP contribution in [-0.4, -0.2) is 41.4 Å². The summed E-state index contributed by atoms with van der Waals surface area (Å²) in [6, 6.07) is 8.89. The van der Waals surface area contributed by atoms with Gasteiger partial charge < -0.3 is 15.0 Å². The van der Waals surface area contributed by atoms with Crippen molar-refractivity contribution in [1.29, 1.82) is 0 Å². The molecule has 142 valence electrons. The van der Waals surface area contributed by atoms with Gasteiger partial charge in [-0.2, -0.15) is 5.10 Å². The number of carbonyl (C=O) groups is 2. The molecule has 0 unspecified atom stereocenters. The van der Waals surface area contributed by atoms with E-state index in [0.717, 1.165) is 19.6 Å². The Labute approximate surface area is 162 Å². The fourth-order valence-corrected chi connectivity index (χ4v) is 3.75. The number of carbonyl (C=O) groups excluding carboxylic acids is 2. The Kier molecular flexibility index (Phi) is 5.13. The molecule has 2 fully saturated rings. The molecule has 0 spiro atoms. The lowest BCUT2D eigenvalue weighted by atomic mass is 10.1. The molecule has 2 saturated heterocycles. The highest BCUT2D eigenvalue weighted by molar-refractivity contribution is 6.31. The largest absolute Gasteiger partial charge is 0.381 e. The minimum Gasteiger partial charge on any atom is -0.381 e. The molecule has 1 N–H and O–H groups in total. The zero-order valence-electron chi connectivity index (χ0n) is 14.8. The monoisotopic (exact) mass is 388 g/mol. The Morgan fingerprint density at radius 1 is 1.37 bits per heavy atom. The number of rotatable bonds is 5. The van der Waals surface area contributed by atoms with Crippen LogP contribution in [0.25, 0.3) is 0 Å². The molecule has 8 heteroatoms. The minimum absolute atomic E-state index is 0.0750. The highest BCUT2D eigenvalue weighted by Crippen LogP contribution is 2.28. The third kappa shape index (κ3) is 3.99. The Morgan fingerprint density at radius 2 is 2.26 bits per heavy atom. The number of aromatic nitrogens is 2. The van der Waals surface area contributed by atoms with E-state index in [2.05, 4.69) is 10.4 Å². The van der Waals surface area contributed by atoms with Gasteiger partial charge in [-0.05, 0) is 24.6 Å². The maximum atomic E-state index is 12.7. The number of amides is 2. The number of hydrogen-bond donors (Lipinski definition) is 1. The second-order valence-corrected chi connectivity index (χ2v) is 7.44. The van der Waals surface area contributed by atoms with Gasteiger partial charge in [0, 0.05) is 48.8 Å². The van der Waals surface area contributed by atoms with E-state index in [0.29, 0.717) is 35.5 Å². The SMILES string of the molecule is O=C(Nc1ccnn1C[C@@H]1CCOC1)[C@@H]1CC(=O)N(c2cccc(Cl)c2)C1. The molecule has 2 aromatic rings. The van der Waals surface area contributed by atoms with Gasteiger partial charge in [-0.15, -0.1) is 0 Å². The maximum absolute atomic E-state index is 12.7. The van der Waals surface area contributed by atoms with Crippen LogP contribution in [0.3, 0.4) is 0 Å². The van der Waals surface area contributed by atoms with Crippen LogP contribution >= 0.6 is 11.6 Å². The summed E-state index contributed by atoms with van der Waals surface area (Å²) in [5, 5.41) is 7.79. The molecule has 3 heterocycles. The number of benzene rings is 1. The molecular formula is C19H21ClN4O3. The van der Waals surface area contributed by atoms with Gasteiger partial charge in [-0.1, -0.05) is 17.7 Å². The van der Waals surface area contributed by atoms with Crippen molar-refractivity contribution in [2.75, 3.05) is 30.0 Å². The fourth-order valence-electron chi connectivity index (χ4n) is 3.56. The third-order valence-corrected chi connectivity index (χ3v) is 5.27. The first-order valence-electron chi connectivity index (χ1n) is 9.06. The van der Waals surface area contributed by atoms with Crippen LogP contribution in [-0.2, 0) is 20.9 Å². The topological polar surface area (TPSA) is 76.5 Å². The Bertz CT molecular complexity index is 847. The zero-order chi connectivity index (χ0) is 18.8. The van der Waals surface area contributed by atoms with Gasteiger partial charge in [0.05, 0.1) is 18.7 Å². The minimum atomic E-state index is -0.408. The molecular weight excluding hydrogens is 368 g/mol. The van der Waals surface area contributed by atoms with Crippen molar-refractivity contribution in [3.8, 4) is 0 Å². The van der Waals surface area contributed by atoms with Gasteiger partial charge in [0.25, 0.3) is 0 Å². The van der Waals surface area contributed by atoms with E-state index >= 15 is 0 Å². The van der Waals surface area contributed by atoms with Gasteiger partial charge in [0.1, 0.15) is 5.82 Å². The van der Waals surface area contributed by atoms with E-state index in [1.807, 2.05) is 6.07 Å². The summed E-state index contributed by atoms with van der Waals surface area (Å²) in [5.41, 5.74) is 0.717. The van der Waals surface area contributed by atoms with Gasteiger partial charge in [0.15, 0.2) is 0 Å². The molecule has 0 bridgehead atoms. The molecule has 2 aliphatic rings. The number of anilines is 2. The quantitative estimate of drug-likeness (QED) is 0.854. The number of ether oxygens (including phenoxy) is 1. The Balaban J connectivity index is 1.41. The summed E-state index contributed by atoms with van der Waals surface area (Å²) in [5.74, 6) is 0.411.